The van der Waals surface area contributed by atoms with Crippen molar-refractivity contribution in [3.63, 3.8) is 0 Å². The number of allylic oxidation sites excluding steroid dienone is 1. The third-order valence-corrected chi connectivity index (χ3v) is 10.2. The summed E-state index contributed by atoms with van der Waals surface area (Å²) in [5.74, 6) is -0.683. The van der Waals surface area contributed by atoms with Crippen LogP contribution < -0.4 is 10.6 Å². The molecule has 0 bridgehead atoms. The number of methoxy groups -OCH3 is 1. The Hall–Kier alpha value is -2.88. The SMILES string of the molecule is CO[C@@H]1[C@H](NC(=O)CCCc2ccc(NC(=O)[C@@H](C)CC(=O)CCC(=O)C(C)(C)C)cc2)CC[C@]2(CO2)[C@H]1[C@]1(C)O[C@@H]1CC=C(C)C. The normalized spacial score (nSPS) is 28.7. The number of carbonyl (C=O) groups is 4. The Kier molecular flexibility index (Phi) is 11.9. The highest BCUT2D eigenvalue weighted by molar-refractivity contribution is 5.96. The quantitative estimate of drug-likeness (QED) is 0.163. The van der Waals surface area contributed by atoms with Gasteiger partial charge in [-0.1, -0.05) is 51.5 Å². The smallest absolute Gasteiger partial charge is 0.227 e. The molecule has 0 radical (unpaired) electrons. The summed E-state index contributed by atoms with van der Waals surface area (Å²) >= 11 is 0. The monoisotopic (exact) mass is 652 g/mol. The van der Waals surface area contributed by atoms with Gasteiger partial charge in [0.1, 0.15) is 17.2 Å². The van der Waals surface area contributed by atoms with E-state index in [0.717, 1.165) is 31.2 Å². The van der Waals surface area contributed by atoms with Crippen LogP contribution in [0.2, 0.25) is 0 Å². The Labute approximate surface area is 280 Å². The van der Waals surface area contributed by atoms with Crippen LogP contribution in [0.4, 0.5) is 5.69 Å². The number of amides is 2. The molecule has 3 fully saturated rings. The summed E-state index contributed by atoms with van der Waals surface area (Å²) in [5.41, 5.74) is 1.99. The van der Waals surface area contributed by atoms with Gasteiger partial charge >= 0.3 is 0 Å². The van der Waals surface area contributed by atoms with Crippen LogP contribution in [0, 0.1) is 17.3 Å². The third kappa shape index (κ3) is 9.61. The van der Waals surface area contributed by atoms with Gasteiger partial charge in [0.15, 0.2) is 0 Å². The molecule has 1 aromatic carbocycles. The maximum Gasteiger partial charge on any atom is 0.227 e. The van der Waals surface area contributed by atoms with Crippen molar-refractivity contribution >= 4 is 29.1 Å². The second kappa shape index (κ2) is 15.1. The van der Waals surface area contributed by atoms with Gasteiger partial charge in [-0.25, -0.2) is 0 Å². The average molecular weight is 653 g/mol. The number of Topliss-reactive ketones (excluding diaryl/α,β-unsaturated/α-hetero) is 2. The Balaban J connectivity index is 1.20. The zero-order valence-electron chi connectivity index (χ0n) is 29.7. The van der Waals surface area contributed by atoms with Crippen LogP contribution in [0.5, 0.6) is 0 Å². The third-order valence-electron chi connectivity index (χ3n) is 10.2. The molecule has 4 rings (SSSR count). The van der Waals surface area contributed by atoms with E-state index >= 15 is 0 Å². The van der Waals surface area contributed by atoms with Gasteiger partial charge in [-0.3, -0.25) is 19.2 Å². The zero-order valence-corrected chi connectivity index (χ0v) is 29.7. The summed E-state index contributed by atoms with van der Waals surface area (Å²) in [6, 6.07) is 7.49. The van der Waals surface area contributed by atoms with Crippen LogP contribution in [0.1, 0.15) is 105 Å². The highest BCUT2D eigenvalue weighted by atomic mass is 16.6. The summed E-state index contributed by atoms with van der Waals surface area (Å²) in [6.45, 7) is 14.3. The number of nitrogens with one attached hydrogen (secondary N) is 2. The lowest BCUT2D eigenvalue weighted by molar-refractivity contribution is -0.130. The Morgan fingerprint density at radius 3 is 2.36 bits per heavy atom. The lowest BCUT2D eigenvalue weighted by Crippen LogP contribution is -2.59. The molecule has 9 nitrogen and oxygen atoms in total. The first-order chi connectivity index (χ1) is 22.1. The van der Waals surface area contributed by atoms with Crippen molar-refractivity contribution in [2.75, 3.05) is 19.0 Å². The number of epoxide rings is 2. The van der Waals surface area contributed by atoms with Crippen LogP contribution >= 0.6 is 0 Å². The van der Waals surface area contributed by atoms with Crippen LogP contribution in [0.3, 0.4) is 0 Å². The number of benzene rings is 1. The van der Waals surface area contributed by atoms with E-state index in [-0.39, 0.29) is 78.0 Å². The van der Waals surface area contributed by atoms with E-state index in [9.17, 15) is 19.2 Å². The molecule has 2 saturated heterocycles. The molecule has 1 aliphatic carbocycles. The van der Waals surface area contributed by atoms with E-state index < -0.39 is 11.3 Å². The number of aryl methyl sites for hydroxylation is 1. The summed E-state index contributed by atoms with van der Waals surface area (Å²) in [5, 5.41) is 6.15. The first-order valence-corrected chi connectivity index (χ1v) is 17.3. The van der Waals surface area contributed by atoms with Gasteiger partial charge in [0.05, 0.1) is 30.5 Å². The minimum Gasteiger partial charge on any atom is -0.379 e. The van der Waals surface area contributed by atoms with Crippen LogP contribution in [0.15, 0.2) is 35.9 Å². The molecule has 9 heteroatoms. The van der Waals surface area contributed by atoms with Gasteiger partial charge in [0.2, 0.25) is 11.8 Å². The van der Waals surface area contributed by atoms with Crippen LogP contribution in [-0.2, 0) is 39.8 Å². The number of carbonyl (C=O) groups excluding carboxylic acids is 4. The van der Waals surface area contributed by atoms with Crippen molar-refractivity contribution in [1.82, 2.24) is 5.32 Å². The number of ether oxygens (including phenoxy) is 3. The van der Waals surface area contributed by atoms with Gasteiger partial charge in [0.25, 0.3) is 0 Å². The van der Waals surface area contributed by atoms with Crippen LogP contribution in [0.25, 0.3) is 0 Å². The van der Waals surface area contributed by atoms with E-state index in [4.69, 9.17) is 14.2 Å². The van der Waals surface area contributed by atoms with Crippen molar-refractivity contribution in [2.24, 2.45) is 17.3 Å². The topological polar surface area (TPSA) is 127 Å². The number of hydrogen-bond donors (Lipinski definition) is 2. The minimum atomic E-state index is -0.492. The van der Waals surface area contributed by atoms with E-state index in [1.54, 1.807) is 14.0 Å². The van der Waals surface area contributed by atoms with E-state index in [0.29, 0.717) is 25.1 Å². The highest BCUT2D eigenvalue weighted by Crippen LogP contribution is 2.59. The van der Waals surface area contributed by atoms with Gasteiger partial charge < -0.3 is 24.8 Å². The Morgan fingerprint density at radius 2 is 1.77 bits per heavy atom. The molecular formula is C38H56N2O7. The first kappa shape index (κ1) is 36.9. The Morgan fingerprint density at radius 1 is 1.09 bits per heavy atom. The molecule has 2 N–H and O–H groups in total. The van der Waals surface area contributed by atoms with Crippen molar-refractivity contribution in [2.45, 2.75) is 136 Å². The highest BCUT2D eigenvalue weighted by Gasteiger charge is 2.71. The predicted molar refractivity (Wildman–Crippen MR) is 182 cm³/mol. The molecule has 260 valence electrons. The average Bonchev–Trinajstić information content (AvgIpc) is 3.92. The van der Waals surface area contributed by atoms with Crippen molar-refractivity contribution < 1.29 is 33.4 Å². The van der Waals surface area contributed by atoms with E-state index in [1.165, 1.54) is 5.57 Å². The molecule has 7 atom stereocenters. The second-order valence-corrected chi connectivity index (χ2v) is 15.4. The molecule has 1 spiro atoms. The van der Waals surface area contributed by atoms with Gasteiger partial charge in [0, 0.05) is 55.7 Å². The van der Waals surface area contributed by atoms with Crippen molar-refractivity contribution in [3.05, 3.63) is 41.5 Å². The molecule has 47 heavy (non-hydrogen) atoms. The predicted octanol–water partition coefficient (Wildman–Crippen LogP) is 6.13. The fourth-order valence-electron chi connectivity index (χ4n) is 7.06. The maximum atomic E-state index is 13.1. The molecule has 1 aromatic rings. The summed E-state index contributed by atoms with van der Waals surface area (Å²) in [4.78, 5) is 50.2. The summed E-state index contributed by atoms with van der Waals surface area (Å²) in [6.07, 6.45) is 7.03. The first-order valence-electron chi connectivity index (χ1n) is 17.3. The minimum absolute atomic E-state index is 0.0154. The molecule has 2 aliphatic heterocycles. The zero-order chi connectivity index (χ0) is 34.6. The summed E-state index contributed by atoms with van der Waals surface area (Å²) in [7, 11) is 1.72. The van der Waals surface area contributed by atoms with E-state index in [1.807, 2.05) is 45.0 Å². The fourth-order valence-corrected chi connectivity index (χ4v) is 7.06. The van der Waals surface area contributed by atoms with Crippen LogP contribution in [-0.4, -0.2) is 66.5 Å². The largest absolute Gasteiger partial charge is 0.379 e. The van der Waals surface area contributed by atoms with Gasteiger partial charge in [-0.2, -0.15) is 0 Å². The molecule has 3 aliphatic rings. The molecule has 0 aromatic heterocycles. The molecule has 0 unspecified atom stereocenters. The van der Waals surface area contributed by atoms with Crippen molar-refractivity contribution in [3.8, 4) is 0 Å². The van der Waals surface area contributed by atoms with E-state index in [2.05, 4.69) is 37.5 Å². The number of anilines is 1. The standard InChI is InChI=1S/C38H56N2O7/c1-24(2)12-19-31-37(7,47-31)34-33(45-8)29(20-21-38(34)23-46-38)40-32(43)11-9-10-26-13-15-27(16-14-26)39-35(44)25(3)22-28(41)17-18-30(42)36(4,5)6/h12-16,25,29,31,33-34H,9-11,17-23H2,1-8H3,(H,39,44)(H,40,43)/t25-,29+,31+,33+,34+,37+,38-/m0/s1. The summed E-state index contributed by atoms with van der Waals surface area (Å²) < 4.78 is 18.4. The fraction of sp³-hybridized carbons (Fsp3) is 0.684. The molecule has 2 heterocycles. The maximum absolute atomic E-state index is 13.1. The lowest BCUT2D eigenvalue weighted by Gasteiger charge is -2.43. The van der Waals surface area contributed by atoms with Gasteiger partial charge in [-0.05, 0) is 70.6 Å². The molecule has 1 saturated carbocycles. The van der Waals surface area contributed by atoms with Crippen molar-refractivity contribution in [1.29, 1.82) is 0 Å². The van der Waals surface area contributed by atoms with Gasteiger partial charge in [-0.15, -0.1) is 0 Å². The second-order valence-electron chi connectivity index (χ2n) is 15.4. The lowest BCUT2D eigenvalue weighted by atomic mass is 9.67. The number of ketones is 2. The Bertz CT molecular complexity index is 1320. The number of rotatable bonds is 16. The molecular weight excluding hydrogens is 596 g/mol. The molecule has 2 amide bonds. The number of hydrogen-bond acceptors (Lipinski definition) is 7.